The number of likely N-dealkylation sites (tertiary alicyclic amines) is 1. The molecule has 2 heterocycles. The molecule has 1 unspecified atom stereocenters. The van der Waals surface area contributed by atoms with Crippen LogP contribution in [-0.2, 0) is 20.9 Å². The summed E-state index contributed by atoms with van der Waals surface area (Å²) < 4.78 is 40.7. The van der Waals surface area contributed by atoms with Gasteiger partial charge in [0.1, 0.15) is 5.75 Å². The number of ether oxygens (including phenoxy) is 1. The third kappa shape index (κ3) is 5.27. The molecule has 0 N–H and O–H groups in total. The van der Waals surface area contributed by atoms with E-state index in [2.05, 4.69) is 38.8 Å². The Bertz CT molecular complexity index is 1300. The van der Waals surface area contributed by atoms with E-state index in [1.807, 2.05) is 24.3 Å². The topological polar surface area (TPSA) is 60.8 Å². The molecule has 1 fully saturated rings. The second kappa shape index (κ2) is 10.3. The Labute approximate surface area is 217 Å². The zero-order chi connectivity index (χ0) is 26.1. The lowest BCUT2D eigenvalue weighted by Crippen LogP contribution is -2.45. The minimum Gasteiger partial charge on any atom is -0.496 e. The van der Waals surface area contributed by atoms with Crippen LogP contribution in [0.1, 0.15) is 39.2 Å². The number of methoxy groups -OCH3 is 1. The number of benzene rings is 2. The van der Waals surface area contributed by atoms with Gasteiger partial charge in [-0.05, 0) is 73.8 Å². The van der Waals surface area contributed by atoms with Gasteiger partial charge >= 0.3 is 0 Å². The first-order valence-electron chi connectivity index (χ1n) is 12.8. The molecule has 0 radical (unpaired) electrons. The van der Waals surface area contributed by atoms with E-state index in [0.717, 1.165) is 43.5 Å². The first kappa shape index (κ1) is 26.9. The van der Waals surface area contributed by atoms with Crippen LogP contribution in [0.2, 0.25) is 18.1 Å². The maximum Gasteiger partial charge on any atom is 0.268 e. The third-order valence-corrected chi connectivity index (χ3v) is 14.2. The van der Waals surface area contributed by atoms with E-state index in [1.54, 1.807) is 37.6 Å². The monoisotopic (exact) mass is 528 g/mol. The lowest BCUT2D eigenvalue weighted by atomic mass is 10.1. The summed E-state index contributed by atoms with van der Waals surface area (Å²) in [6.45, 7) is 14.1. The molecular formula is C28H40N2O4SSi. The summed E-state index contributed by atoms with van der Waals surface area (Å²) >= 11 is 0. The Morgan fingerprint density at radius 2 is 1.78 bits per heavy atom. The molecule has 36 heavy (non-hydrogen) atoms. The maximum atomic E-state index is 13.5. The maximum absolute atomic E-state index is 13.5. The number of hydrogen-bond donors (Lipinski definition) is 0. The van der Waals surface area contributed by atoms with Crippen LogP contribution in [0, 0.1) is 0 Å². The first-order valence-corrected chi connectivity index (χ1v) is 17.2. The van der Waals surface area contributed by atoms with Crippen molar-refractivity contribution >= 4 is 29.2 Å². The van der Waals surface area contributed by atoms with Gasteiger partial charge in [0.15, 0.2) is 8.32 Å². The molecule has 2 aromatic carbocycles. The zero-order valence-electron chi connectivity index (χ0n) is 22.5. The van der Waals surface area contributed by atoms with Crippen molar-refractivity contribution in [1.29, 1.82) is 0 Å². The molecule has 1 atom stereocenters. The van der Waals surface area contributed by atoms with Crippen LogP contribution in [0.4, 0.5) is 0 Å². The van der Waals surface area contributed by atoms with Crippen molar-refractivity contribution in [3.8, 4) is 5.75 Å². The second-order valence-electron chi connectivity index (χ2n) is 11.3. The van der Waals surface area contributed by atoms with E-state index in [4.69, 9.17) is 9.16 Å². The summed E-state index contributed by atoms with van der Waals surface area (Å²) in [6, 6.07) is 14.6. The molecule has 1 aromatic heterocycles. The smallest absolute Gasteiger partial charge is 0.268 e. The van der Waals surface area contributed by atoms with Crippen molar-refractivity contribution in [2.45, 2.75) is 69.1 Å². The average Bonchev–Trinajstić information content (AvgIpc) is 3.45. The predicted octanol–water partition coefficient (Wildman–Crippen LogP) is 5.92. The van der Waals surface area contributed by atoms with Crippen molar-refractivity contribution in [1.82, 2.24) is 8.87 Å². The van der Waals surface area contributed by atoms with E-state index >= 15 is 0 Å². The summed E-state index contributed by atoms with van der Waals surface area (Å²) in [6.07, 6.45) is 4.83. The summed E-state index contributed by atoms with van der Waals surface area (Å²) in [5, 5.41) is 1.06. The Morgan fingerprint density at radius 3 is 2.44 bits per heavy atom. The molecule has 0 bridgehead atoms. The Morgan fingerprint density at radius 1 is 1.06 bits per heavy atom. The average molecular weight is 529 g/mol. The molecule has 0 saturated carbocycles. The Hall–Kier alpha value is -2.13. The van der Waals surface area contributed by atoms with Gasteiger partial charge in [0.05, 0.1) is 17.5 Å². The van der Waals surface area contributed by atoms with Gasteiger partial charge in [-0.25, -0.2) is 12.4 Å². The van der Waals surface area contributed by atoms with E-state index < -0.39 is 18.3 Å². The molecule has 1 aliphatic heterocycles. The zero-order valence-corrected chi connectivity index (χ0v) is 24.3. The highest BCUT2D eigenvalue weighted by atomic mass is 32.2. The fraction of sp³-hybridized carbons (Fsp3) is 0.500. The lowest BCUT2D eigenvalue weighted by molar-refractivity contribution is 0.164. The van der Waals surface area contributed by atoms with Crippen molar-refractivity contribution < 1.29 is 17.6 Å². The molecule has 8 heteroatoms. The van der Waals surface area contributed by atoms with Gasteiger partial charge in [-0.1, -0.05) is 45.0 Å². The van der Waals surface area contributed by atoms with Crippen LogP contribution in [-0.4, -0.2) is 58.5 Å². The van der Waals surface area contributed by atoms with Crippen molar-refractivity contribution in [3.63, 3.8) is 0 Å². The minimum absolute atomic E-state index is 0.194. The van der Waals surface area contributed by atoms with Crippen LogP contribution in [0.3, 0.4) is 0 Å². The van der Waals surface area contributed by atoms with E-state index in [-0.39, 0.29) is 9.93 Å². The van der Waals surface area contributed by atoms with Crippen LogP contribution in [0.5, 0.6) is 5.75 Å². The first-order chi connectivity index (χ1) is 17.0. The summed E-state index contributed by atoms with van der Waals surface area (Å²) in [4.78, 5) is 2.79. The second-order valence-corrected chi connectivity index (χ2v) is 17.9. The van der Waals surface area contributed by atoms with Gasteiger partial charge in [-0.3, -0.25) is 4.90 Å². The molecule has 0 amide bonds. The number of rotatable bonds is 9. The minimum atomic E-state index is -3.72. The Kier molecular flexibility index (Phi) is 7.72. The van der Waals surface area contributed by atoms with Crippen LogP contribution >= 0.6 is 0 Å². The highest BCUT2D eigenvalue weighted by Gasteiger charge is 2.38. The largest absolute Gasteiger partial charge is 0.496 e. The van der Waals surface area contributed by atoms with Crippen LogP contribution in [0.25, 0.3) is 10.9 Å². The quantitative estimate of drug-likeness (QED) is 0.323. The number of nitrogens with zero attached hydrogens (tertiary/aromatic N) is 2. The molecule has 0 aliphatic carbocycles. The molecule has 1 aliphatic rings. The number of aromatic nitrogens is 1. The third-order valence-electron chi connectivity index (χ3n) is 7.97. The highest BCUT2D eigenvalue weighted by molar-refractivity contribution is 7.90. The van der Waals surface area contributed by atoms with Crippen LogP contribution < -0.4 is 4.74 Å². The summed E-state index contributed by atoms with van der Waals surface area (Å²) in [5.74, 6) is 0.698. The fourth-order valence-corrected chi connectivity index (χ4v) is 7.18. The van der Waals surface area contributed by atoms with Gasteiger partial charge in [-0.15, -0.1) is 0 Å². The highest BCUT2D eigenvalue weighted by Crippen LogP contribution is 2.37. The van der Waals surface area contributed by atoms with Crippen molar-refractivity contribution in [2.24, 2.45) is 0 Å². The molecule has 1 saturated heterocycles. The normalized spacial score (nSPS) is 17.7. The fourth-order valence-electron chi connectivity index (χ4n) is 4.73. The Balaban J connectivity index is 1.59. The SMILES string of the molecule is COc1cccc2c1c(CCN1CCCC1CO[Si](C)(C)C(C)(C)C)cn2S(=O)(=O)c1ccccc1. The van der Waals surface area contributed by atoms with Crippen LogP contribution in [0.15, 0.2) is 59.6 Å². The summed E-state index contributed by atoms with van der Waals surface area (Å²) in [7, 11) is -3.89. The molecule has 0 spiro atoms. The lowest BCUT2D eigenvalue weighted by Gasteiger charge is -2.38. The number of hydrogen-bond acceptors (Lipinski definition) is 5. The van der Waals surface area contributed by atoms with Gasteiger partial charge in [0.25, 0.3) is 10.0 Å². The summed E-state index contributed by atoms with van der Waals surface area (Å²) in [5.41, 5.74) is 1.63. The molecular weight excluding hydrogens is 488 g/mol. The van der Waals surface area contributed by atoms with Gasteiger partial charge in [0.2, 0.25) is 0 Å². The van der Waals surface area contributed by atoms with Crippen molar-refractivity contribution in [2.75, 3.05) is 26.8 Å². The molecule has 196 valence electrons. The van der Waals surface area contributed by atoms with E-state index in [9.17, 15) is 8.42 Å². The van der Waals surface area contributed by atoms with Gasteiger partial charge < -0.3 is 9.16 Å². The van der Waals surface area contributed by atoms with Crippen molar-refractivity contribution in [3.05, 3.63) is 60.3 Å². The molecule has 4 rings (SSSR count). The molecule has 3 aromatic rings. The van der Waals surface area contributed by atoms with E-state index in [1.165, 1.54) is 10.4 Å². The number of fused-ring (bicyclic) bond motifs is 1. The predicted molar refractivity (Wildman–Crippen MR) is 149 cm³/mol. The standard InChI is InChI=1S/C28H40N2O4SSi/c1-28(2,3)36(5,6)34-21-23-12-11-18-29(23)19-17-22-20-30(25-15-10-16-26(33-4)27(22)25)35(31,32)24-13-8-7-9-14-24/h7-10,13-16,20,23H,11-12,17-19,21H2,1-6H3. The van der Waals surface area contributed by atoms with Gasteiger partial charge in [-0.2, -0.15) is 0 Å². The molecule has 6 nitrogen and oxygen atoms in total. The van der Waals surface area contributed by atoms with E-state index in [0.29, 0.717) is 17.3 Å². The van der Waals surface area contributed by atoms with Gasteiger partial charge in [0, 0.05) is 30.8 Å².